The first-order valence-corrected chi connectivity index (χ1v) is 9.50. The molecule has 0 N–H and O–H groups in total. The van der Waals surface area contributed by atoms with Crippen molar-refractivity contribution in [3.05, 3.63) is 46.1 Å². The molecule has 6 nitrogen and oxygen atoms in total. The van der Waals surface area contributed by atoms with Crippen molar-refractivity contribution in [2.45, 2.75) is 39.2 Å². The Morgan fingerprint density at radius 3 is 3.00 bits per heavy atom. The number of hydrogen-bond acceptors (Lipinski definition) is 7. The van der Waals surface area contributed by atoms with Crippen LogP contribution in [0.5, 0.6) is 0 Å². The van der Waals surface area contributed by atoms with Gasteiger partial charge in [-0.05, 0) is 33.2 Å². The first-order chi connectivity index (χ1) is 12.2. The quantitative estimate of drug-likeness (QED) is 0.712. The van der Waals surface area contributed by atoms with Gasteiger partial charge < -0.3 is 4.52 Å². The lowest BCUT2D eigenvalue weighted by molar-refractivity contribution is 0.196. The van der Waals surface area contributed by atoms with E-state index in [0.29, 0.717) is 5.92 Å². The van der Waals surface area contributed by atoms with Gasteiger partial charge in [-0.1, -0.05) is 5.16 Å². The SMILES string of the molecule is Cc1cc(-c2cnc(C)nc2[C@@H]2CCCN(Cc3cscn3)C2)on1. The van der Waals surface area contributed by atoms with Crippen molar-refractivity contribution in [1.29, 1.82) is 0 Å². The predicted molar refractivity (Wildman–Crippen MR) is 96.4 cm³/mol. The van der Waals surface area contributed by atoms with Crippen LogP contribution >= 0.6 is 11.3 Å². The molecule has 1 fully saturated rings. The van der Waals surface area contributed by atoms with Gasteiger partial charge in [0.1, 0.15) is 5.82 Å². The number of hydrogen-bond donors (Lipinski definition) is 0. The Labute approximate surface area is 150 Å². The third-order valence-corrected chi connectivity index (χ3v) is 5.23. The fraction of sp³-hybridized carbons (Fsp3) is 0.444. The first kappa shape index (κ1) is 16.4. The van der Waals surface area contributed by atoms with Crippen LogP contribution in [0.4, 0.5) is 0 Å². The molecule has 0 saturated carbocycles. The second-order valence-electron chi connectivity index (χ2n) is 6.60. The fourth-order valence-electron chi connectivity index (χ4n) is 3.45. The normalized spacial score (nSPS) is 18.6. The molecule has 7 heteroatoms. The Morgan fingerprint density at radius 1 is 1.32 bits per heavy atom. The van der Waals surface area contributed by atoms with E-state index in [4.69, 9.17) is 9.51 Å². The zero-order valence-electron chi connectivity index (χ0n) is 14.5. The molecule has 0 spiro atoms. The smallest absolute Gasteiger partial charge is 0.170 e. The van der Waals surface area contributed by atoms with Gasteiger partial charge in [0, 0.05) is 36.7 Å². The molecule has 0 aliphatic carbocycles. The van der Waals surface area contributed by atoms with Crippen molar-refractivity contribution >= 4 is 11.3 Å². The van der Waals surface area contributed by atoms with E-state index in [0.717, 1.165) is 66.7 Å². The molecule has 25 heavy (non-hydrogen) atoms. The van der Waals surface area contributed by atoms with Crippen molar-refractivity contribution in [3.63, 3.8) is 0 Å². The first-order valence-electron chi connectivity index (χ1n) is 8.55. The molecule has 0 radical (unpaired) electrons. The summed E-state index contributed by atoms with van der Waals surface area (Å²) in [7, 11) is 0. The zero-order valence-corrected chi connectivity index (χ0v) is 15.3. The molecule has 0 aromatic carbocycles. The summed E-state index contributed by atoms with van der Waals surface area (Å²) in [6.07, 6.45) is 4.16. The number of likely N-dealkylation sites (tertiary alicyclic amines) is 1. The highest BCUT2D eigenvalue weighted by atomic mass is 32.1. The highest BCUT2D eigenvalue weighted by Gasteiger charge is 2.26. The van der Waals surface area contributed by atoms with Gasteiger partial charge in [0.15, 0.2) is 5.76 Å². The number of nitrogens with zero attached hydrogens (tertiary/aromatic N) is 5. The van der Waals surface area contributed by atoms with Crippen molar-refractivity contribution in [1.82, 2.24) is 25.0 Å². The molecule has 130 valence electrons. The topological polar surface area (TPSA) is 67.9 Å². The van der Waals surface area contributed by atoms with E-state index in [2.05, 4.69) is 25.4 Å². The summed E-state index contributed by atoms with van der Waals surface area (Å²) in [5.74, 6) is 1.92. The standard InChI is InChI=1S/C18H21N5OS/c1-12-6-17(24-22-12)16-7-19-13(2)21-18(16)14-4-3-5-23(8-14)9-15-10-25-11-20-15/h6-7,10-11,14H,3-5,8-9H2,1-2H3/t14-/m1/s1. The van der Waals surface area contributed by atoms with Crippen LogP contribution in [0.25, 0.3) is 11.3 Å². The molecule has 1 aliphatic heterocycles. The largest absolute Gasteiger partial charge is 0.356 e. The van der Waals surface area contributed by atoms with Gasteiger partial charge in [0.2, 0.25) is 0 Å². The summed E-state index contributed by atoms with van der Waals surface area (Å²) in [5.41, 5.74) is 5.96. The van der Waals surface area contributed by atoms with E-state index in [-0.39, 0.29) is 0 Å². The Morgan fingerprint density at radius 2 is 2.24 bits per heavy atom. The van der Waals surface area contributed by atoms with Crippen LogP contribution in [0.2, 0.25) is 0 Å². The van der Waals surface area contributed by atoms with Gasteiger partial charge in [0.25, 0.3) is 0 Å². The third kappa shape index (κ3) is 3.62. The predicted octanol–water partition coefficient (Wildman–Crippen LogP) is 3.58. The number of aromatic nitrogens is 4. The Balaban J connectivity index is 1.61. The van der Waals surface area contributed by atoms with Crippen LogP contribution < -0.4 is 0 Å². The lowest BCUT2D eigenvalue weighted by Crippen LogP contribution is -2.34. The Hall–Kier alpha value is -2.12. The van der Waals surface area contributed by atoms with Gasteiger partial charge >= 0.3 is 0 Å². The number of piperidine rings is 1. The molecular formula is C18H21N5OS. The molecule has 1 aliphatic rings. The molecule has 4 rings (SSSR count). The summed E-state index contributed by atoms with van der Waals surface area (Å²) in [5, 5.41) is 6.14. The van der Waals surface area contributed by atoms with Crippen LogP contribution in [0, 0.1) is 13.8 Å². The summed E-state index contributed by atoms with van der Waals surface area (Å²) in [4.78, 5) is 16.0. The number of rotatable bonds is 4. The molecular weight excluding hydrogens is 334 g/mol. The monoisotopic (exact) mass is 355 g/mol. The molecule has 3 aromatic rings. The average Bonchev–Trinajstić information content (AvgIpc) is 3.27. The van der Waals surface area contributed by atoms with Gasteiger partial charge in [-0.25, -0.2) is 15.0 Å². The summed E-state index contributed by atoms with van der Waals surface area (Å²) < 4.78 is 5.48. The van der Waals surface area contributed by atoms with Crippen molar-refractivity contribution in [2.24, 2.45) is 0 Å². The van der Waals surface area contributed by atoms with E-state index in [1.807, 2.05) is 31.6 Å². The lowest BCUT2D eigenvalue weighted by Gasteiger charge is -2.32. The highest BCUT2D eigenvalue weighted by Crippen LogP contribution is 2.33. The van der Waals surface area contributed by atoms with Gasteiger partial charge in [-0.2, -0.15) is 0 Å². The zero-order chi connectivity index (χ0) is 17.2. The van der Waals surface area contributed by atoms with Crippen molar-refractivity contribution in [2.75, 3.05) is 13.1 Å². The molecule has 4 heterocycles. The van der Waals surface area contributed by atoms with E-state index >= 15 is 0 Å². The second kappa shape index (κ2) is 7.01. The third-order valence-electron chi connectivity index (χ3n) is 4.59. The minimum atomic E-state index is 0.370. The summed E-state index contributed by atoms with van der Waals surface area (Å²) >= 11 is 1.65. The van der Waals surface area contributed by atoms with Crippen LogP contribution in [-0.2, 0) is 6.54 Å². The lowest BCUT2D eigenvalue weighted by atomic mass is 9.91. The minimum Gasteiger partial charge on any atom is -0.356 e. The average molecular weight is 355 g/mol. The van der Waals surface area contributed by atoms with E-state index in [1.54, 1.807) is 11.3 Å². The van der Waals surface area contributed by atoms with E-state index in [9.17, 15) is 0 Å². The highest BCUT2D eigenvalue weighted by molar-refractivity contribution is 7.07. The van der Waals surface area contributed by atoms with Gasteiger partial charge in [0.05, 0.1) is 28.2 Å². The number of aryl methyl sites for hydroxylation is 2. The molecule has 1 atom stereocenters. The summed E-state index contributed by atoms with van der Waals surface area (Å²) in [6, 6.07) is 1.95. The second-order valence-corrected chi connectivity index (χ2v) is 7.32. The maximum absolute atomic E-state index is 5.48. The van der Waals surface area contributed by atoms with Crippen LogP contribution in [0.3, 0.4) is 0 Å². The van der Waals surface area contributed by atoms with Gasteiger partial charge in [-0.3, -0.25) is 4.90 Å². The van der Waals surface area contributed by atoms with Gasteiger partial charge in [-0.15, -0.1) is 11.3 Å². The van der Waals surface area contributed by atoms with E-state index < -0.39 is 0 Å². The summed E-state index contributed by atoms with van der Waals surface area (Å²) in [6.45, 7) is 6.86. The maximum Gasteiger partial charge on any atom is 0.170 e. The fourth-order valence-corrected chi connectivity index (χ4v) is 4.00. The molecule has 0 unspecified atom stereocenters. The van der Waals surface area contributed by atoms with E-state index in [1.165, 1.54) is 0 Å². The minimum absolute atomic E-state index is 0.370. The molecule has 3 aromatic heterocycles. The number of thiazole rings is 1. The molecule has 0 amide bonds. The Bertz CT molecular complexity index is 845. The van der Waals surface area contributed by atoms with Crippen molar-refractivity contribution < 1.29 is 4.52 Å². The van der Waals surface area contributed by atoms with Crippen molar-refractivity contribution in [3.8, 4) is 11.3 Å². The molecule has 0 bridgehead atoms. The Kier molecular flexibility index (Phi) is 4.59. The molecule has 1 saturated heterocycles. The van der Waals surface area contributed by atoms with Crippen LogP contribution in [0.15, 0.2) is 27.7 Å². The van der Waals surface area contributed by atoms with Crippen LogP contribution in [-0.4, -0.2) is 38.1 Å². The maximum atomic E-state index is 5.48. The van der Waals surface area contributed by atoms with Crippen LogP contribution in [0.1, 0.15) is 41.7 Å².